The average molecular weight is 185 g/mol. The van der Waals surface area contributed by atoms with Crippen molar-refractivity contribution in [3.8, 4) is 0 Å². The predicted octanol–water partition coefficient (Wildman–Crippen LogP) is -0.0286. The van der Waals surface area contributed by atoms with E-state index in [4.69, 9.17) is 10.8 Å². The third-order valence-electron chi connectivity index (χ3n) is 2.66. The van der Waals surface area contributed by atoms with E-state index < -0.39 is 18.1 Å². The van der Waals surface area contributed by atoms with Crippen LogP contribution in [0.15, 0.2) is 12.2 Å². The molecule has 1 aliphatic rings. The van der Waals surface area contributed by atoms with Crippen molar-refractivity contribution in [3.63, 3.8) is 0 Å². The Hall–Kier alpha value is -0.870. The molecule has 0 aromatic heterocycles. The second kappa shape index (κ2) is 3.89. The molecule has 0 aliphatic heterocycles. The van der Waals surface area contributed by atoms with E-state index in [2.05, 4.69) is 0 Å². The Morgan fingerprint density at radius 2 is 2.23 bits per heavy atom. The van der Waals surface area contributed by atoms with E-state index in [0.29, 0.717) is 0 Å². The third-order valence-corrected chi connectivity index (χ3v) is 2.66. The van der Waals surface area contributed by atoms with Gasteiger partial charge in [-0.3, -0.25) is 4.79 Å². The first kappa shape index (κ1) is 10.2. The van der Waals surface area contributed by atoms with E-state index in [0.717, 1.165) is 6.42 Å². The summed E-state index contributed by atoms with van der Waals surface area (Å²) in [6.07, 6.45) is 3.92. The number of aliphatic carboxylic acids is 1. The Bertz CT molecular complexity index is 227. The summed E-state index contributed by atoms with van der Waals surface area (Å²) in [4.78, 5) is 10.5. The van der Waals surface area contributed by atoms with Crippen LogP contribution in [0.4, 0.5) is 0 Å². The Morgan fingerprint density at radius 1 is 1.69 bits per heavy atom. The fourth-order valence-corrected chi connectivity index (χ4v) is 1.41. The molecule has 4 N–H and O–H groups in total. The van der Waals surface area contributed by atoms with Crippen molar-refractivity contribution in [1.29, 1.82) is 0 Å². The van der Waals surface area contributed by atoms with Gasteiger partial charge in [0.15, 0.2) is 0 Å². The van der Waals surface area contributed by atoms with Crippen molar-refractivity contribution in [3.05, 3.63) is 12.2 Å². The van der Waals surface area contributed by atoms with Gasteiger partial charge in [-0.1, -0.05) is 19.1 Å². The van der Waals surface area contributed by atoms with Crippen LogP contribution >= 0.6 is 0 Å². The molecule has 0 heterocycles. The second-order valence-electron chi connectivity index (χ2n) is 3.54. The zero-order valence-electron chi connectivity index (χ0n) is 7.55. The first-order valence-electron chi connectivity index (χ1n) is 4.37. The molecule has 0 bridgehead atoms. The summed E-state index contributed by atoms with van der Waals surface area (Å²) in [5, 5.41) is 18.1. The molecule has 1 aliphatic carbocycles. The summed E-state index contributed by atoms with van der Waals surface area (Å²) in [7, 11) is 0. The predicted molar refractivity (Wildman–Crippen MR) is 48.0 cm³/mol. The number of carboxylic acid groups (broad SMARTS) is 1. The minimum atomic E-state index is -1.18. The second-order valence-corrected chi connectivity index (χ2v) is 3.54. The lowest BCUT2D eigenvalue weighted by molar-refractivity contribution is -0.142. The maximum Gasteiger partial charge on any atom is 0.323 e. The highest BCUT2D eigenvalue weighted by Gasteiger charge is 2.32. The molecule has 1 unspecified atom stereocenters. The largest absolute Gasteiger partial charge is 0.480 e. The van der Waals surface area contributed by atoms with Crippen LogP contribution in [-0.4, -0.2) is 28.3 Å². The van der Waals surface area contributed by atoms with Crippen LogP contribution in [0.2, 0.25) is 0 Å². The van der Waals surface area contributed by atoms with Crippen LogP contribution in [0.3, 0.4) is 0 Å². The highest BCUT2D eigenvalue weighted by molar-refractivity contribution is 5.73. The van der Waals surface area contributed by atoms with Crippen LogP contribution in [0.25, 0.3) is 0 Å². The molecule has 0 aromatic rings. The molecule has 0 fully saturated rings. The molecule has 0 saturated carbocycles. The van der Waals surface area contributed by atoms with Gasteiger partial charge in [0.25, 0.3) is 0 Å². The van der Waals surface area contributed by atoms with Crippen molar-refractivity contribution >= 4 is 5.97 Å². The minimum Gasteiger partial charge on any atom is -0.480 e. The standard InChI is InChI=1S/C9H15NO3/c1-5(6-3-2-4-6)8(11)7(10)9(12)13/h2-3,5-8,11H,4,10H2,1H3,(H,12,13)/t5-,6?,7+,8-/m1/s1. The molecule has 0 aromatic carbocycles. The molecule has 4 heteroatoms. The molecular formula is C9H15NO3. The number of aliphatic hydroxyl groups is 1. The zero-order chi connectivity index (χ0) is 10.0. The van der Waals surface area contributed by atoms with Gasteiger partial charge in [-0.15, -0.1) is 0 Å². The van der Waals surface area contributed by atoms with Gasteiger partial charge in [0, 0.05) is 0 Å². The number of carbonyl (C=O) groups is 1. The SMILES string of the molecule is C[C@H](C1C=CC1)[C@@H](O)[C@H](N)C(=O)O. The quantitative estimate of drug-likeness (QED) is 0.537. The van der Waals surface area contributed by atoms with Gasteiger partial charge in [0.2, 0.25) is 0 Å². The van der Waals surface area contributed by atoms with Crippen LogP contribution < -0.4 is 5.73 Å². The number of rotatable bonds is 4. The molecule has 0 radical (unpaired) electrons. The number of allylic oxidation sites excluding steroid dienone is 2. The van der Waals surface area contributed by atoms with Gasteiger partial charge in [-0.25, -0.2) is 0 Å². The maximum atomic E-state index is 10.5. The molecule has 74 valence electrons. The lowest BCUT2D eigenvalue weighted by atomic mass is 9.79. The van der Waals surface area contributed by atoms with Crippen molar-refractivity contribution in [2.45, 2.75) is 25.5 Å². The Labute approximate surface area is 77.1 Å². The first-order chi connectivity index (χ1) is 6.04. The number of hydrogen-bond donors (Lipinski definition) is 3. The van der Waals surface area contributed by atoms with E-state index in [1.165, 1.54) is 0 Å². The fourth-order valence-electron chi connectivity index (χ4n) is 1.41. The van der Waals surface area contributed by atoms with Crippen LogP contribution in [0.1, 0.15) is 13.3 Å². The Balaban J connectivity index is 2.50. The van der Waals surface area contributed by atoms with Crippen molar-refractivity contribution in [2.75, 3.05) is 0 Å². The number of nitrogens with two attached hydrogens (primary N) is 1. The molecule has 0 amide bonds. The van der Waals surface area contributed by atoms with Crippen LogP contribution in [-0.2, 0) is 4.79 Å². The molecule has 0 spiro atoms. The monoisotopic (exact) mass is 185 g/mol. The maximum absolute atomic E-state index is 10.5. The topological polar surface area (TPSA) is 83.5 Å². The summed E-state index contributed by atoms with van der Waals surface area (Å²) < 4.78 is 0. The zero-order valence-corrected chi connectivity index (χ0v) is 7.55. The highest BCUT2D eigenvalue weighted by atomic mass is 16.4. The number of aliphatic hydroxyl groups excluding tert-OH is 1. The number of carboxylic acids is 1. The van der Waals surface area contributed by atoms with Crippen molar-refractivity contribution < 1.29 is 15.0 Å². The van der Waals surface area contributed by atoms with E-state index in [1.54, 1.807) is 0 Å². The van der Waals surface area contributed by atoms with Gasteiger partial charge in [-0.05, 0) is 18.3 Å². The lowest BCUT2D eigenvalue weighted by Gasteiger charge is -2.30. The molecule has 4 nitrogen and oxygen atoms in total. The van der Waals surface area contributed by atoms with Crippen LogP contribution in [0, 0.1) is 11.8 Å². The molecular weight excluding hydrogens is 170 g/mol. The summed E-state index contributed by atoms with van der Waals surface area (Å²) in [5.41, 5.74) is 5.30. The summed E-state index contributed by atoms with van der Waals surface area (Å²) in [6.45, 7) is 1.82. The average Bonchev–Trinajstić information content (AvgIpc) is 1.98. The van der Waals surface area contributed by atoms with Crippen molar-refractivity contribution in [1.82, 2.24) is 0 Å². The number of hydrogen-bond acceptors (Lipinski definition) is 3. The van der Waals surface area contributed by atoms with E-state index in [9.17, 15) is 9.90 Å². The van der Waals surface area contributed by atoms with Gasteiger partial charge < -0.3 is 15.9 Å². The van der Waals surface area contributed by atoms with Crippen LogP contribution in [0.5, 0.6) is 0 Å². The highest BCUT2D eigenvalue weighted by Crippen LogP contribution is 2.28. The van der Waals surface area contributed by atoms with Gasteiger partial charge in [-0.2, -0.15) is 0 Å². The smallest absolute Gasteiger partial charge is 0.323 e. The molecule has 13 heavy (non-hydrogen) atoms. The summed E-state index contributed by atoms with van der Waals surface area (Å²) in [5.74, 6) is -0.959. The van der Waals surface area contributed by atoms with Gasteiger partial charge in [0.05, 0.1) is 6.10 Å². The summed E-state index contributed by atoms with van der Waals surface area (Å²) in [6, 6.07) is -1.18. The first-order valence-corrected chi connectivity index (χ1v) is 4.37. The molecule has 1 rings (SSSR count). The Morgan fingerprint density at radius 3 is 2.54 bits per heavy atom. The van der Waals surface area contributed by atoms with Gasteiger partial charge >= 0.3 is 5.97 Å². The molecule has 0 saturated heterocycles. The van der Waals surface area contributed by atoms with E-state index >= 15 is 0 Å². The van der Waals surface area contributed by atoms with E-state index in [-0.39, 0.29) is 11.8 Å². The Kier molecular flexibility index (Phi) is 3.06. The van der Waals surface area contributed by atoms with Gasteiger partial charge in [0.1, 0.15) is 6.04 Å². The van der Waals surface area contributed by atoms with Crippen molar-refractivity contribution in [2.24, 2.45) is 17.6 Å². The normalized spacial score (nSPS) is 27.5. The molecule has 4 atom stereocenters. The third kappa shape index (κ3) is 2.08. The van der Waals surface area contributed by atoms with E-state index in [1.807, 2.05) is 19.1 Å². The minimum absolute atomic E-state index is 0.0869. The summed E-state index contributed by atoms with van der Waals surface area (Å²) >= 11 is 0. The fraction of sp³-hybridized carbons (Fsp3) is 0.667. The lowest BCUT2D eigenvalue weighted by Crippen LogP contribution is -2.47.